The fourth-order valence-corrected chi connectivity index (χ4v) is 2.60. The van der Waals surface area contributed by atoms with Crippen LogP contribution in [0.5, 0.6) is 0 Å². The van der Waals surface area contributed by atoms with Gasteiger partial charge < -0.3 is 10.4 Å². The molecule has 0 heterocycles. The number of aliphatic hydroxyl groups is 1. The SMILES string of the molecule is CC(C)(C#N)CCCNCC1(O)CCCCCC1. The van der Waals surface area contributed by atoms with E-state index >= 15 is 0 Å². The van der Waals surface area contributed by atoms with Gasteiger partial charge in [-0.1, -0.05) is 25.7 Å². The van der Waals surface area contributed by atoms with Gasteiger partial charge in [0.1, 0.15) is 0 Å². The molecule has 2 N–H and O–H groups in total. The average molecular weight is 252 g/mol. The normalized spacial score (nSPS) is 20.1. The molecule has 104 valence electrons. The van der Waals surface area contributed by atoms with Crippen molar-refractivity contribution in [1.82, 2.24) is 5.32 Å². The molecule has 0 atom stereocenters. The van der Waals surface area contributed by atoms with Gasteiger partial charge in [-0.05, 0) is 46.1 Å². The summed E-state index contributed by atoms with van der Waals surface area (Å²) in [6.45, 7) is 5.56. The summed E-state index contributed by atoms with van der Waals surface area (Å²) >= 11 is 0. The Morgan fingerprint density at radius 3 is 2.39 bits per heavy atom. The van der Waals surface area contributed by atoms with E-state index in [4.69, 9.17) is 5.26 Å². The van der Waals surface area contributed by atoms with Gasteiger partial charge in [0, 0.05) is 6.54 Å². The molecular formula is C15H28N2O. The van der Waals surface area contributed by atoms with Crippen LogP contribution in [-0.4, -0.2) is 23.8 Å². The molecule has 1 aliphatic rings. The highest BCUT2D eigenvalue weighted by Gasteiger charge is 2.27. The van der Waals surface area contributed by atoms with Crippen LogP contribution in [0.1, 0.15) is 65.2 Å². The Balaban J connectivity index is 2.15. The van der Waals surface area contributed by atoms with Gasteiger partial charge in [-0.25, -0.2) is 0 Å². The molecular weight excluding hydrogens is 224 g/mol. The molecule has 0 aliphatic heterocycles. The van der Waals surface area contributed by atoms with Gasteiger partial charge in [0.05, 0.1) is 17.1 Å². The zero-order valence-electron chi connectivity index (χ0n) is 12.0. The Morgan fingerprint density at radius 1 is 1.22 bits per heavy atom. The Kier molecular flexibility index (Phi) is 6.11. The monoisotopic (exact) mass is 252 g/mol. The van der Waals surface area contributed by atoms with E-state index in [1.54, 1.807) is 0 Å². The highest BCUT2D eigenvalue weighted by atomic mass is 16.3. The second-order valence-corrected chi connectivity index (χ2v) is 6.41. The maximum absolute atomic E-state index is 10.4. The molecule has 0 radical (unpaired) electrons. The van der Waals surface area contributed by atoms with E-state index in [1.165, 1.54) is 12.8 Å². The van der Waals surface area contributed by atoms with Crippen molar-refractivity contribution in [3.8, 4) is 6.07 Å². The van der Waals surface area contributed by atoms with Crippen molar-refractivity contribution in [1.29, 1.82) is 5.26 Å². The Labute approximate surface area is 112 Å². The fourth-order valence-electron chi connectivity index (χ4n) is 2.60. The molecule has 3 nitrogen and oxygen atoms in total. The van der Waals surface area contributed by atoms with Gasteiger partial charge in [0.25, 0.3) is 0 Å². The van der Waals surface area contributed by atoms with Crippen LogP contribution in [0, 0.1) is 16.7 Å². The summed E-state index contributed by atoms with van der Waals surface area (Å²) < 4.78 is 0. The summed E-state index contributed by atoms with van der Waals surface area (Å²) in [7, 11) is 0. The van der Waals surface area contributed by atoms with Crippen molar-refractivity contribution in [3.63, 3.8) is 0 Å². The number of hydrogen-bond acceptors (Lipinski definition) is 3. The van der Waals surface area contributed by atoms with Crippen LogP contribution in [0.3, 0.4) is 0 Å². The van der Waals surface area contributed by atoms with E-state index in [2.05, 4.69) is 11.4 Å². The first kappa shape index (κ1) is 15.5. The number of nitriles is 1. The van der Waals surface area contributed by atoms with Crippen LogP contribution < -0.4 is 5.32 Å². The first-order valence-corrected chi connectivity index (χ1v) is 7.32. The van der Waals surface area contributed by atoms with Gasteiger partial charge in [-0.3, -0.25) is 0 Å². The molecule has 0 saturated heterocycles. The van der Waals surface area contributed by atoms with Crippen molar-refractivity contribution in [3.05, 3.63) is 0 Å². The number of nitrogens with zero attached hydrogens (tertiary/aromatic N) is 1. The van der Waals surface area contributed by atoms with E-state index in [0.717, 1.165) is 45.1 Å². The minimum atomic E-state index is -0.485. The van der Waals surface area contributed by atoms with Crippen LogP contribution in [0.4, 0.5) is 0 Å². The van der Waals surface area contributed by atoms with E-state index in [-0.39, 0.29) is 5.41 Å². The number of hydrogen-bond donors (Lipinski definition) is 2. The third kappa shape index (κ3) is 5.84. The van der Waals surface area contributed by atoms with Crippen molar-refractivity contribution >= 4 is 0 Å². The Hall–Kier alpha value is -0.590. The first-order chi connectivity index (χ1) is 8.47. The van der Waals surface area contributed by atoms with E-state index < -0.39 is 5.60 Å². The highest BCUT2D eigenvalue weighted by Crippen LogP contribution is 2.26. The van der Waals surface area contributed by atoms with Crippen molar-refractivity contribution in [2.24, 2.45) is 5.41 Å². The van der Waals surface area contributed by atoms with E-state index in [1.807, 2.05) is 13.8 Å². The molecule has 18 heavy (non-hydrogen) atoms. The molecule has 0 aromatic heterocycles. The standard InChI is InChI=1S/C15H28N2O/c1-14(2,12-16)8-7-11-17-13-15(18)9-5-3-4-6-10-15/h17-18H,3-11,13H2,1-2H3. The van der Waals surface area contributed by atoms with Gasteiger partial charge in [-0.15, -0.1) is 0 Å². The molecule has 0 aromatic carbocycles. The predicted octanol–water partition coefficient (Wildman–Crippen LogP) is 2.99. The maximum atomic E-state index is 10.4. The van der Waals surface area contributed by atoms with Crippen LogP contribution in [0.2, 0.25) is 0 Å². The second-order valence-electron chi connectivity index (χ2n) is 6.41. The summed E-state index contributed by atoms with van der Waals surface area (Å²) in [5.74, 6) is 0. The summed E-state index contributed by atoms with van der Waals surface area (Å²) in [6, 6.07) is 2.32. The van der Waals surface area contributed by atoms with Crippen LogP contribution >= 0.6 is 0 Å². The molecule has 1 rings (SSSR count). The van der Waals surface area contributed by atoms with Crippen LogP contribution in [0.15, 0.2) is 0 Å². The third-order valence-electron chi connectivity index (χ3n) is 3.95. The van der Waals surface area contributed by atoms with E-state index in [9.17, 15) is 5.11 Å². The predicted molar refractivity (Wildman–Crippen MR) is 74.1 cm³/mol. The number of rotatable bonds is 6. The lowest BCUT2D eigenvalue weighted by atomic mass is 9.90. The molecule has 0 unspecified atom stereocenters. The minimum Gasteiger partial charge on any atom is -0.389 e. The maximum Gasteiger partial charge on any atom is 0.0771 e. The van der Waals surface area contributed by atoms with Gasteiger partial charge in [0.15, 0.2) is 0 Å². The molecule has 1 fully saturated rings. The van der Waals surface area contributed by atoms with E-state index in [0.29, 0.717) is 6.54 Å². The second kappa shape index (κ2) is 7.11. The summed E-state index contributed by atoms with van der Waals surface area (Å²) in [5.41, 5.74) is -0.706. The largest absolute Gasteiger partial charge is 0.389 e. The summed E-state index contributed by atoms with van der Waals surface area (Å²) in [5, 5.41) is 22.7. The Bertz CT molecular complexity index is 273. The lowest BCUT2D eigenvalue weighted by Gasteiger charge is -2.27. The summed E-state index contributed by atoms with van der Waals surface area (Å²) in [6.07, 6.45) is 8.61. The molecule has 0 bridgehead atoms. The molecule has 1 aliphatic carbocycles. The average Bonchev–Trinajstić information content (AvgIpc) is 2.54. The lowest BCUT2D eigenvalue weighted by Crippen LogP contribution is -2.40. The highest BCUT2D eigenvalue weighted by molar-refractivity contribution is 4.91. The Morgan fingerprint density at radius 2 is 1.83 bits per heavy atom. The molecule has 3 heteroatoms. The van der Waals surface area contributed by atoms with Gasteiger partial charge >= 0.3 is 0 Å². The van der Waals surface area contributed by atoms with Crippen molar-refractivity contribution in [2.75, 3.05) is 13.1 Å². The van der Waals surface area contributed by atoms with Crippen molar-refractivity contribution < 1.29 is 5.11 Å². The molecule has 1 saturated carbocycles. The molecule has 0 spiro atoms. The third-order valence-corrected chi connectivity index (χ3v) is 3.95. The zero-order chi connectivity index (χ0) is 13.5. The minimum absolute atomic E-state index is 0.221. The topological polar surface area (TPSA) is 56.0 Å². The molecule has 0 aromatic rings. The lowest BCUT2D eigenvalue weighted by molar-refractivity contribution is 0.0253. The quantitative estimate of drug-likeness (QED) is 0.564. The van der Waals surface area contributed by atoms with Crippen LogP contribution in [-0.2, 0) is 0 Å². The summed E-state index contributed by atoms with van der Waals surface area (Å²) in [4.78, 5) is 0. The van der Waals surface area contributed by atoms with Gasteiger partial charge in [0.2, 0.25) is 0 Å². The smallest absolute Gasteiger partial charge is 0.0771 e. The fraction of sp³-hybridized carbons (Fsp3) is 0.933. The number of nitrogens with one attached hydrogen (secondary N) is 1. The zero-order valence-corrected chi connectivity index (χ0v) is 12.0. The first-order valence-electron chi connectivity index (χ1n) is 7.32. The van der Waals surface area contributed by atoms with Crippen molar-refractivity contribution in [2.45, 2.75) is 70.8 Å². The van der Waals surface area contributed by atoms with Crippen LogP contribution in [0.25, 0.3) is 0 Å². The molecule has 0 amide bonds. The van der Waals surface area contributed by atoms with Gasteiger partial charge in [-0.2, -0.15) is 5.26 Å².